The van der Waals surface area contributed by atoms with Crippen molar-refractivity contribution in [3.63, 3.8) is 0 Å². The van der Waals surface area contributed by atoms with Crippen LogP contribution < -0.4 is 5.32 Å². The molecule has 0 spiro atoms. The van der Waals surface area contributed by atoms with Gasteiger partial charge in [0.1, 0.15) is 6.04 Å². The zero-order valence-corrected chi connectivity index (χ0v) is 21.9. The maximum absolute atomic E-state index is 13.4. The van der Waals surface area contributed by atoms with Gasteiger partial charge in [0, 0.05) is 18.8 Å². The van der Waals surface area contributed by atoms with Gasteiger partial charge in [-0.2, -0.15) is 0 Å². The number of amides is 2. The highest BCUT2D eigenvalue weighted by Crippen LogP contribution is 2.23. The van der Waals surface area contributed by atoms with Crippen molar-refractivity contribution in [2.24, 2.45) is 0 Å². The zero-order valence-electron chi connectivity index (χ0n) is 21.1. The number of nitrogens with one attached hydrogen (secondary N) is 1. The van der Waals surface area contributed by atoms with Gasteiger partial charge < -0.3 is 15.0 Å². The normalized spacial score (nSPS) is 15.3. The van der Waals surface area contributed by atoms with Crippen molar-refractivity contribution in [1.82, 2.24) is 9.80 Å². The van der Waals surface area contributed by atoms with E-state index in [-0.39, 0.29) is 18.2 Å². The fourth-order valence-electron chi connectivity index (χ4n) is 4.32. The Kier molecular flexibility index (Phi) is 10.4. The standard InChI is InChI=1S/C28H35N3O4S/c1-3-4-5-6-10-18-30-24(20-25(32)29-23-15-13-22(14-16-23)27(34)35-2)26(33)31(28(30)36)19-17-21-11-8-7-9-12-21/h7-9,11-16,24H,3-6,10,17-20H2,1-2H3,(H,29,32). The van der Waals surface area contributed by atoms with E-state index in [2.05, 4.69) is 12.2 Å². The van der Waals surface area contributed by atoms with Crippen LogP contribution in [-0.2, 0) is 20.7 Å². The summed E-state index contributed by atoms with van der Waals surface area (Å²) in [4.78, 5) is 41.5. The van der Waals surface area contributed by atoms with Crippen LogP contribution in [0, 0.1) is 0 Å². The van der Waals surface area contributed by atoms with E-state index in [1.54, 1.807) is 29.2 Å². The maximum Gasteiger partial charge on any atom is 0.337 e. The molecule has 1 fully saturated rings. The number of thiocarbonyl (C=S) groups is 1. The van der Waals surface area contributed by atoms with Gasteiger partial charge in [-0.15, -0.1) is 0 Å². The molecular weight excluding hydrogens is 474 g/mol. The van der Waals surface area contributed by atoms with E-state index in [1.807, 2.05) is 35.2 Å². The molecule has 7 nitrogen and oxygen atoms in total. The molecule has 0 bridgehead atoms. The molecule has 2 amide bonds. The lowest BCUT2D eigenvalue weighted by molar-refractivity contribution is -0.130. The fourth-order valence-corrected chi connectivity index (χ4v) is 4.72. The number of esters is 1. The zero-order chi connectivity index (χ0) is 25.9. The van der Waals surface area contributed by atoms with Crippen LogP contribution in [0.4, 0.5) is 5.69 Å². The van der Waals surface area contributed by atoms with E-state index in [4.69, 9.17) is 17.0 Å². The molecule has 2 aromatic carbocycles. The van der Waals surface area contributed by atoms with Crippen molar-refractivity contribution in [2.45, 2.75) is 57.9 Å². The molecule has 1 aliphatic heterocycles. The van der Waals surface area contributed by atoms with Gasteiger partial charge in [0.2, 0.25) is 5.91 Å². The smallest absolute Gasteiger partial charge is 0.337 e. The minimum absolute atomic E-state index is 0.00846. The van der Waals surface area contributed by atoms with Crippen LogP contribution in [0.5, 0.6) is 0 Å². The van der Waals surface area contributed by atoms with Crippen molar-refractivity contribution in [1.29, 1.82) is 0 Å². The van der Waals surface area contributed by atoms with Crippen molar-refractivity contribution >= 4 is 40.8 Å². The number of ether oxygens (including phenoxy) is 1. The molecule has 0 aliphatic carbocycles. The Morgan fingerprint density at radius 3 is 2.33 bits per heavy atom. The van der Waals surface area contributed by atoms with Gasteiger partial charge in [0.05, 0.1) is 19.1 Å². The number of hydrogen-bond donors (Lipinski definition) is 1. The summed E-state index contributed by atoms with van der Waals surface area (Å²) in [5, 5.41) is 3.34. The summed E-state index contributed by atoms with van der Waals surface area (Å²) in [6.45, 7) is 3.32. The highest BCUT2D eigenvalue weighted by Gasteiger charge is 2.42. The molecule has 2 aromatic rings. The molecule has 1 heterocycles. The summed E-state index contributed by atoms with van der Waals surface area (Å²) in [5.41, 5.74) is 2.08. The molecule has 0 saturated carbocycles. The Bertz CT molecular complexity index is 1040. The predicted octanol–water partition coefficient (Wildman–Crippen LogP) is 4.81. The summed E-state index contributed by atoms with van der Waals surface area (Å²) >= 11 is 5.72. The van der Waals surface area contributed by atoms with Gasteiger partial charge in [-0.25, -0.2) is 4.79 Å². The monoisotopic (exact) mass is 509 g/mol. The third kappa shape index (κ3) is 7.37. The van der Waals surface area contributed by atoms with Gasteiger partial charge >= 0.3 is 5.97 Å². The lowest BCUT2D eigenvalue weighted by Crippen LogP contribution is -2.38. The van der Waals surface area contributed by atoms with E-state index in [1.165, 1.54) is 13.5 Å². The molecule has 8 heteroatoms. The van der Waals surface area contributed by atoms with Crippen LogP contribution in [0.3, 0.4) is 0 Å². The summed E-state index contributed by atoms with van der Waals surface area (Å²) in [6.07, 6.45) is 6.20. The summed E-state index contributed by atoms with van der Waals surface area (Å²) in [6, 6.07) is 15.8. The molecular formula is C28H35N3O4S. The third-order valence-electron chi connectivity index (χ3n) is 6.34. The summed E-state index contributed by atoms with van der Waals surface area (Å²) in [7, 11) is 1.32. The van der Waals surface area contributed by atoms with E-state index >= 15 is 0 Å². The van der Waals surface area contributed by atoms with Gasteiger partial charge in [0.15, 0.2) is 5.11 Å². The first-order chi connectivity index (χ1) is 17.4. The Hall–Kier alpha value is -3.26. The quantitative estimate of drug-likeness (QED) is 0.237. The number of hydrogen-bond acceptors (Lipinski definition) is 5. The third-order valence-corrected chi connectivity index (χ3v) is 6.80. The first-order valence-corrected chi connectivity index (χ1v) is 13.0. The van der Waals surface area contributed by atoms with Crippen LogP contribution in [0.25, 0.3) is 0 Å². The first-order valence-electron chi connectivity index (χ1n) is 12.6. The van der Waals surface area contributed by atoms with Crippen molar-refractivity contribution in [3.8, 4) is 0 Å². The minimum atomic E-state index is -0.617. The Labute approximate surface area is 218 Å². The molecule has 0 radical (unpaired) electrons. The number of carbonyl (C=O) groups is 3. The molecule has 1 aliphatic rings. The van der Waals surface area contributed by atoms with Gasteiger partial charge in [-0.05, 0) is 54.9 Å². The predicted molar refractivity (Wildman–Crippen MR) is 145 cm³/mol. The number of methoxy groups -OCH3 is 1. The van der Waals surface area contributed by atoms with E-state index in [9.17, 15) is 14.4 Å². The lowest BCUT2D eigenvalue weighted by atomic mass is 10.1. The molecule has 1 saturated heterocycles. The Balaban J connectivity index is 1.66. The first kappa shape index (κ1) is 27.3. The summed E-state index contributed by atoms with van der Waals surface area (Å²) in [5.74, 6) is -0.841. The molecule has 36 heavy (non-hydrogen) atoms. The van der Waals surface area contributed by atoms with Crippen molar-refractivity contribution in [3.05, 3.63) is 65.7 Å². The van der Waals surface area contributed by atoms with E-state index < -0.39 is 12.0 Å². The molecule has 1 unspecified atom stereocenters. The SMILES string of the molecule is CCCCCCCN1C(=S)N(CCc2ccccc2)C(=O)C1CC(=O)Nc1ccc(C(=O)OC)cc1. The lowest BCUT2D eigenvalue weighted by Gasteiger charge is -2.24. The Morgan fingerprint density at radius 1 is 0.972 bits per heavy atom. The Morgan fingerprint density at radius 2 is 1.67 bits per heavy atom. The van der Waals surface area contributed by atoms with Crippen molar-refractivity contribution < 1.29 is 19.1 Å². The topological polar surface area (TPSA) is 79.0 Å². The number of unbranched alkanes of at least 4 members (excludes halogenated alkanes) is 4. The van der Waals surface area contributed by atoms with E-state index in [0.717, 1.165) is 31.2 Å². The van der Waals surface area contributed by atoms with Gasteiger partial charge in [0.25, 0.3) is 5.91 Å². The molecule has 192 valence electrons. The number of benzene rings is 2. The molecule has 1 atom stereocenters. The highest BCUT2D eigenvalue weighted by atomic mass is 32.1. The minimum Gasteiger partial charge on any atom is -0.465 e. The number of nitrogens with zero attached hydrogens (tertiary/aromatic N) is 2. The van der Waals surface area contributed by atoms with Crippen LogP contribution >= 0.6 is 12.2 Å². The van der Waals surface area contributed by atoms with E-state index in [0.29, 0.717) is 35.9 Å². The van der Waals surface area contributed by atoms with Crippen LogP contribution in [0.15, 0.2) is 54.6 Å². The molecule has 0 aromatic heterocycles. The summed E-state index contributed by atoms with van der Waals surface area (Å²) < 4.78 is 4.71. The number of anilines is 1. The average Bonchev–Trinajstić information content (AvgIpc) is 3.11. The average molecular weight is 510 g/mol. The van der Waals surface area contributed by atoms with Crippen LogP contribution in [0.1, 0.15) is 61.4 Å². The molecule has 1 N–H and O–H groups in total. The second kappa shape index (κ2) is 13.7. The van der Waals surface area contributed by atoms with Crippen LogP contribution in [-0.4, -0.2) is 58.9 Å². The number of carbonyl (C=O) groups excluding carboxylic acids is 3. The largest absolute Gasteiger partial charge is 0.465 e. The molecule has 3 rings (SSSR count). The fraction of sp³-hybridized carbons (Fsp3) is 0.429. The number of rotatable bonds is 13. The second-order valence-electron chi connectivity index (χ2n) is 8.95. The highest BCUT2D eigenvalue weighted by molar-refractivity contribution is 7.80. The maximum atomic E-state index is 13.4. The van der Waals surface area contributed by atoms with Gasteiger partial charge in [-0.1, -0.05) is 62.9 Å². The second-order valence-corrected chi connectivity index (χ2v) is 9.32. The van der Waals surface area contributed by atoms with Crippen LogP contribution in [0.2, 0.25) is 0 Å². The van der Waals surface area contributed by atoms with Gasteiger partial charge in [-0.3, -0.25) is 14.5 Å². The van der Waals surface area contributed by atoms with Crippen molar-refractivity contribution in [2.75, 3.05) is 25.5 Å².